The molecule has 126 valence electrons. The summed E-state index contributed by atoms with van der Waals surface area (Å²) in [4.78, 5) is 14.2. The van der Waals surface area contributed by atoms with Crippen LogP contribution in [-0.4, -0.2) is 25.0 Å². The predicted octanol–water partition coefficient (Wildman–Crippen LogP) is 4.01. The molecule has 1 heterocycles. The molecule has 4 nitrogen and oxygen atoms in total. The van der Waals surface area contributed by atoms with Gasteiger partial charge < -0.3 is 14.4 Å². The van der Waals surface area contributed by atoms with E-state index in [9.17, 15) is 4.79 Å². The van der Waals surface area contributed by atoms with E-state index in [0.29, 0.717) is 24.5 Å². The van der Waals surface area contributed by atoms with Crippen LogP contribution in [-0.2, 0) is 13.2 Å². The number of carbonyl (C=O) groups is 1. The summed E-state index contributed by atoms with van der Waals surface area (Å²) in [5, 5.41) is 2.01. The Bertz CT molecular complexity index is 950. The minimum absolute atomic E-state index is 0.00777. The van der Waals surface area contributed by atoms with Gasteiger partial charge in [0.15, 0.2) is 0 Å². The Morgan fingerprint density at radius 3 is 2.60 bits per heavy atom. The quantitative estimate of drug-likeness (QED) is 0.724. The van der Waals surface area contributed by atoms with Crippen molar-refractivity contribution in [2.45, 2.75) is 13.2 Å². The van der Waals surface area contributed by atoms with E-state index in [2.05, 4.69) is 0 Å². The maximum absolute atomic E-state index is 12.5. The molecule has 0 saturated heterocycles. The van der Waals surface area contributed by atoms with Crippen LogP contribution >= 0.6 is 0 Å². The lowest BCUT2D eigenvalue weighted by Crippen LogP contribution is -2.17. The van der Waals surface area contributed by atoms with Crippen molar-refractivity contribution in [2.75, 3.05) is 14.2 Å². The van der Waals surface area contributed by atoms with Crippen LogP contribution in [0.4, 0.5) is 0 Å². The summed E-state index contributed by atoms with van der Waals surface area (Å²) < 4.78 is 11.6. The average molecular weight is 333 g/mol. The van der Waals surface area contributed by atoms with E-state index in [-0.39, 0.29) is 5.91 Å². The molecule has 3 aromatic rings. The molecule has 0 aromatic heterocycles. The van der Waals surface area contributed by atoms with Gasteiger partial charge in [-0.05, 0) is 28.6 Å². The number of ether oxygens (including phenoxy) is 2. The van der Waals surface area contributed by atoms with Gasteiger partial charge in [0, 0.05) is 19.0 Å². The third-order valence-corrected chi connectivity index (χ3v) is 4.61. The number of hydrogen-bond donors (Lipinski definition) is 0. The predicted molar refractivity (Wildman–Crippen MR) is 97.1 cm³/mol. The molecule has 1 aliphatic rings. The number of amides is 1. The smallest absolute Gasteiger partial charge is 0.258 e. The fraction of sp³-hybridized carbons (Fsp3) is 0.190. The molecule has 4 heteroatoms. The van der Waals surface area contributed by atoms with Crippen LogP contribution in [0.15, 0.2) is 54.6 Å². The van der Waals surface area contributed by atoms with Crippen LogP contribution in [0, 0.1) is 0 Å². The molecule has 0 atom stereocenters. The molecular weight excluding hydrogens is 314 g/mol. The summed E-state index contributed by atoms with van der Waals surface area (Å²) >= 11 is 0. The topological polar surface area (TPSA) is 38.8 Å². The Kier molecular flexibility index (Phi) is 3.80. The van der Waals surface area contributed by atoms with Gasteiger partial charge in [0.1, 0.15) is 18.1 Å². The molecular formula is C21H19NO3. The summed E-state index contributed by atoms with van der Waals surface area (Å²) in [6.07, 6.45) is 0. The third kappa shape index (κ3) is 2.60. The number of fused-ring (bicyclic) bond motifs is 3. The molecule has 0 saturated carbocycles. The zero-order valence-corrected chi connectivity index (χ0v) is 14.3. The van der Waals surface area contributed by atoms with Gasteiger partial charge in [-0.3, -0.25) is 4.79 Å². The fourth-order valence-electron chi connectivity index (χ4n) is 3.39. The SMILES string of the molecule is COc1cc2cccc(OCc3ccccc3)c2c2c1C(=O)N(C)C2. The summed E-state index contributed by atoms with van der Waals surface area (Å²) in [6, 6.07) is 17.9. The van der Waals surface area contributed by atoms with Gasteiger partial charge in [-0.1, -0.05) is 42.5 Å². The first-order chi connectivity index (χ1) is 12.2. The normalized spacial score (nSPS) is 13.2. The highest BCUT2D eigenvalue weighted by Gasteiger charge is 2.31. The highest BCUT2D eigenvalue weighted by molar-refractivity contribution is 6.08. The van der Waals surface area contributed by atoms with Gasteiger partial charge in [0.05, 0.1) is 12.7 Å². The summed E-state index contributed by atoms with van der Waals surface area (Å²) in [5.41, 5.74) is 2.73. The lowest BCUT2D eigenvalue weighted by Gasteiger charge is -2.14. The van der Waals surface area contributed by atoms with Crippen molar-refractivity contribution in [2.24, 2.45) is 0 Å². The second kappa shape index (κ2) is 6.13. The molecule has 1 amide bonds. The van der Waals surface area contributed by atoms with Gasteiger partial charge in [-0.15, -0.1) is 0 Å². The number of benzene rings is 3. The van der Waals surface area contributed by atoms with Crippen LogP contribution in [0.2, 0.25) is 0 Å². The van der Waals surface area contributed by atoms with Gasteiger partial charge in [0.2, 0.25) is 0 Å². The minimum Gasteiger partial charge on any atom is -0.496 e. The molecule has 0 fully saturated rings. The highest BCUT2D eigenvalue weighted by atomic mass is 16.5. The highest BCUT2D eigenvalue weighted by Crippen LogP contribution is 2.40. The lowest BCUT2D eigenvalue weighted by atomic mass is 9.99. The summed E-state index contributed by atoms with van der Waals surface area (Å²) in [7, 11) is 3.41. The molecule has 25 heavy (non-hydrogen) atoms. The number of hydrogen-bond acceptors (Lipinski definition) is 3. The van der Waals surface area contributed by atoms with Crippen LogP contribution in [0.5, 0.6) is 11.5 Å². The Hall–Kier alpha value is -3.01. The van der Waals surface area contributed by atoms with Crippen molar-refractivity contribution < 1.29 is 14.3 Å². The Morgan fingerprint density at radius 2 is 1.84 bits per heavy atom. The van der Waals surface area contributed by atoms with Gasteiger partial charge >= 0.3 is 0 Å². The van der Waals surface area contributed by atoms with Crippen molar-refractivity contribution in [1.82, 2.24) is 4.90 Å². The average Bonchev–Trinajstić information content (AvgIpc) is 2.95. The molecule has 0 radical (unpaired) electrons. The Labute approximate surface area is 146 Å². The monoisotopic (exact) mass is 333 g/mol. The second-order valence-corrected chi connectivity index (χ2v) is 6.22. The number of nitrogens with zero attached hydrogens (tertiary/aromatic N) is 1. The van der Waals surface area contributed by atoms with Gasteiger partial charge in [-0.2, -0.15) is 0 Å². The van der Waals surface area contributed by atoms with E-state index in [0.717, 1.165) is 27.6 Å². The van der Waals surface area contributed by atoms with E-state index >= 15 is 0 Å². The molecule has 0 aliphatic carbocycles. The van der Waals surface area contributed by atoms with Crippen molar-refractivity contribution in [3.05, 3.63) is 71.3 Å². The molecule has 4 rings (SSSR count). The second-order valence-electron chi connectivity index (χ2n) is 6.22. The molecule has 1 aliphatic heterocycles. The Balaban J connectivity index is 1.82. The largest absolute Gasteiger partial charge is 0.496 e. The third-order valence-electron chi connectivity index (χ3n) is 4.61. The first kappa shape index (κ1) is 15.5. The number of rotatable bonds is 4. The maximum Gasteiger partial charge on any atom is 0.258 e. The molecule has 0 N–H and O–H groups in total. The first-order valence-corrected chi connectivity index (χ1v) is 8.24. The van der Waals surface area contributed by atoms with Crippen molar-refractivity contribution in [1.29, 1.82) is 0 Å². The van der Waals surface area contributed by atoms with Gasteiger partial charge in [-0.25, -0.2) is 0 Å². The van der Waals surface area contributed by atoms with Crippen molar-refractivity contribution >= 4 is 16.7 Å². The minimum atomic E-state index is -0.00777. The van der Waals surface area contributed by atoms with Crippen LogP contribution in [0.25, 0.3) is 10.8 Å². The zero-order valence-electron chi connectivity index (χ0n) is 14.3. The molecule has 0 bridgehead atoms. The van der Waals surface area contributed by atoms with E-state index < -0.39 is 0 Å². The molecule has 0 spiro atoms. The van der Waals surface area contributed by atoms with Crippen LogP contribution in [0.1, 0.15) is 21.5 Å². The first-order valence-electron chi connectivity index (χ1n) is 8.24. The van der Waals surface area contributed by atoms with Gasteiger partial charge in [0.25, 0.3) is 5.91 Å². The maximum atomic E-state index is 12.5. The fourth-order valence-corrected chi connectivity index (χ4v) is 3.39. The number of carbonyl (C=O) groups excluding carboxylic acids is 1. The van der Waals surface area contributed by atoms with Crippen molar-refractivity contribution in [3.8, 4) is 11.5 Å². The van der Waals surface area contributed by atoms with E-state index in [1.54, 1.807) is 19.1 Å². The van der Waals surface area contributed by atoms with Crippen LogP contribution < -0.4 is 9.47 Å². The van der Waals surface area contributed by atoms with Crippen LogP contribution in [0.3, 0.4) is 0 Å². The van der Waals surface area contributed by atoms with E-state index in [1.165, 1.54) is 0 Å². The Morgan fingerprint density at radius 1 is 1.04 bits per heavy atom. The standard InChI is InChI=1S/C21H19NO3/c1-22-12-16-19-15(11-18(24-2)20(16)21(22)23)9-6-10-17(19)25-13-14-7-4-3-5-8-14/h3-11H,12-13H2,1-2H3. The summed E-state index contributed by atoms with van der Waals surface area (Å²) in [5.74, 6) is 1.41. The zero-order chi connectivity index (χ0) is 17.4. The lowest BCUT2D eigenvalue weighted by molar-refractivity contribution is 0.0814. The van der Waals surface area contributed by atoms with E-state index in [1.807, 2.05) is 54.6 Å². The van der Waals surface area contributed by atoms with E-state index in [4.69, 9.17) is 9.47 Å². The summed E-state index contributed by atoms with van der Waals surface area (Å²) in [6.45, 7) is 1.05. The molecule has 3 aromatic carbocycles. The number of methoxy groups -OCH3 is 1. The van der Waals surface area contributed by atoms with Crippen molar-refractivity contribution in [3.63, 3.8) is 0 Å². The molecule has 0 unspecified atom stereocenters.